The van der Waals surface area contributed by atoms with Crippen LogP contribution in [0.3, 0.4) is 0 Å². The van der Waals surface area contributed by atoms with E-state index >= 15 is 0 Å². The van der Waals surface area contributed by atoms with E-state index in [4.69, 9.17) is 23.2 Å². The van der Waals surface area contributed by atoms with Crippen molar-refractivity contribution in [3.63, 3.8) is 0 Å². The molecule has 2 aromatic rings. The highest BCUT2D eigenvalue weighted by molar-refractivity contribution is 6.36. The van der Waals surface area contributed by atoms with Crippen LogP contribution in [-0.2, 0) is 4.79 Å². The number of rotatable bonds is 4. The molecule has 0 spiro atoms. The average molecular weight is 362 g/mol. The normalized spacial score (nSPS) is 15.0. The maximum Gasteiger partial charge on any atom is 0.239 e. The predicted molar refractivity (Wildman–Crippen MR) is 98.4 cm³/mol. The SMILES string of the molecule is O=C(CN1CC=C(c2ccccc2)CC1)Nc1ncc(Cl)cc1Cl. The van der Waals surface area contributed by atoms with Gasteiger partial charge in [-0.1, -0.05) is 59.6 Å². The molecule has 1 aromatic carbocycles. The standard InChI is InChI=1S/C18H17Cl2N3O/c19-15-10-16(20)18(21-11-15)22-17(24)12-23-8-6-14(7-9-23)13-4-2-1-3-5-13/h1-6,10-11H,7-9,12H2,(H,21,22,24). The van der Waals surface area contributed by atoms with Crippen molar-refractivity contribution in [2.45, 2.75) is 6.42 Å². The van der Waals surface area contributed by atoms with Gasteiger partial charge in [0.05, 0.1) is 16.6 Å². The van der Waals surface area contributed by atoms with Crippen LogP contribution in [0.15, 0.2) is 48.7 Å². The van der Waals surface area contributed by atoms with Crippen molar-refractivity contribution >= 4 is 40.5 Å². The lowest BCUT2D eigenvalue weighted by molar-refractivity contribution is -0.117. The number of carbonyl (C=O) groups excluding carboxylic acids is 1. The van der Waals surface area contributed by atoms with Gasteiger partial charge in [0.2, 0.25) is 5.91 Å². The van der Waals surface area contributed by atoms with Gasteiger partial charge in [0, 0.05) is 19.3 Å². The number of pyridine rings is 1. The van der Waals surface area contributed by atoms with Gasteiger partial charge in [0.15, 0.2) is 5.82 Å². The van der Waals surface area contributed by atoms with Crippen molar-refractivity contribution in [1.29, 1.82) is 0 Å². The molecule has 0 radical (unpaired) electrons. The molecule has 1 aliphatic rings. The Balaban J connectivity index is 1.56. The molecule has 1 N–H and O–H groups in total. The van der Waals surface area contributed by atoms with Crippen LogP contribution in [0.2, 0.25) is 10.0 Å². The largest absolute Gasteiger partial charge is 0.308 e. The Morgan fingerprint density at radius 2 is 2.04 bits per heavy atom. The summed E-state index contributed by atoms with van der Waals surface area (Å²) in [6.45, 7) is 1.90. The molecular formula is C18H17Cl2N3O. The molecule has 0 saturated heterocycles. The van der Waals surface area contributed by atoms with Gasteiger partial charge in [-0.3, -0.25) is 9.69 Å². The minimum absolute atomic E-state index is 0.136. The fourth-order valence-corrected chi connectivity index (χ4v) is 3.08. The summed E-state index contributed by atoms with van der Waals surface area (Å²) < 4.78 is 0. The smallest absolute Gasteiger partial charge is 0.239 e. The van der Waals surface area contributed by atoms with Gasteiger partial charge in [-0.05, 0) is 23.6 Å². The molecule has 1 amide bonds. The Morgan fingerprint density at radius 1 is 1.25 bits per heavy atom. The maximum atomic E-state index is 12.2. The first kappa shape index (κ1) is 17.0. The van der Waals surface area contributed by atoms with E-state index in [1.807, 2.05) is 18.2 Å². The number of carbonyl (C=O) groups is 1. The van der Waals surface area contributed by atoms with E-state index in [-0.39, 0.29) is 5.91 Å². The highest BCUT2D eigenvalue weighted by Gasteiger charge is 2.16. The molecule has 24 heavy (non-hydrogen) atoms. The third-order valence-corrected chi connectivity index (χ3v) is 4.37. The summed E-state index contributed by atoms with van der Waals surface area (Å²) in [6.07, 6.45) is 4.57. The van der Waals surface area contributed by atoms with E-state index in [2.05, 4.69) is 33.4 Å². The zero-order valence-electron chi connectivity index (χ0n) is 13.0. The van der Waals surface area contributed by atoms with E-state index in [1.54, 1.807) is 6.07 Å². The van der Waals surface area contributed by atoms with Gasteiger partial charge >= 0.3 is 0 Å². The second kappa shape index (κ2) is 7.79. The zero-order valence-corrected chi connectivity index (χ0v) is 14.5. The van der Waals surface area contributed by atoms with Crippen molar-refractivity contribution in [1.82, 2.24) is 9.88 Å². The Bertz CT molecular complexity index is 762. The molecule has 1 aromatic heterocycles. The lowest BCUT2D eigenvalue weighted by atomic mass is 10.00. The molecule has 0 saturated carbocycles. The van der Waals surface area contributed by atoms with Gasteiger partial charge in [0.1, 0.15) is 0 Å². The van der Waals surface area contributed by atoms with Crippen molar-refractivity contribution in [2.24, 2.45) is 0 Å². The highest BCUT2D eigenvalue weighted by Crippen LogP contribution is 2.23. The van der Waals surface area contributed by atoms with Crippen LogP contribution >= 0.6 is 23.2 Å². The number of hydrogen-bond donors (Lipinski definition) is 1. The molecule has 0 bridgehead atoms. The molecular weight excluding hydrogens is 345 g/mol. The number of benzene rings is 1. The minimum Gasteiger partial charge on any atom is -0.308 e. The van der Waals surface area contributed by atoms with Crippen LogP contribution in [0, 0.1) is 0 Å². The summed E-state index contributed by atoms with van der Waals surface area (Å²) in [4.78, 5) is 18.3. The topological polar surface area (TPSA) is 45.2 Å². The van der Waals surface area contributed by atoms with Crippen LogP contribution in [0.4, 0.5) is 5.82 Å². The number of halogens is 2. The van der Waals surface area contributed by atoms with Crippen LogP contribution in [0.1, 0.15) is 12.0 Å². The summed E-state index contributed by atoms with van der Waals surface area (Å²) in [5, 5.41) is 3.50. The fourth-order valence-electron chi connectivity index (χ4n) is 2.65. The number of anilines is 1. The predicted octanol–water partition coefficient (Wildman–Crippen LogP) is 4.12. The Labute approximate surface area is 151 Å². The maximum absolute atomic E-state index is 12.2. The van der Waals surface area contributed by atoms with Gasteiger partial charge in [0.25, 0.3) is 0 Å². The monoisotopic (exact) mass is 361 g/mol. The quantitative estimate of drug-likeness (QED) is 0.890. The second-order valence-corrected chi connectivity index (χ2v) is 6.46. The van der Waals surface area contributed by atoms with Crippen molar-refractivity contribution in [3.8, 4) is 0 Å². The van der Waals surface area contributed by atoms with Crippen LogP contribution in [0.25, 0.3) is 5.57 Å². The number of amides is 1. The highest BCUT2D eigenvalue weighted by atomic mass is 35.5. The molecule has 0 aliphatic carbocycles. The van der Waals surface area contributed by atoms with Crippen LogP contribution in [0.5, 0.6) is 0 Å². The first-order valence-corrected chi connectivity index (χ1v) is 8.45. The molecule has 6 heteroatoms. The van der Waals surface area contributed by atoms with Crippen LogP contribution in [-0.4, -0.2) is 35.4 Å². The van der Waals surface area contributed by atoms with Crippen LogP contribution < -0.4 is 5.32 Å². The average Bonchev–Trinajstić information content (AvgIpc) is 2.59. The summed E-state index contributed by atoms with van der Waals surface area (Å²) in [5.74, 6) is 0.201. The molecule has 4 nitrogen and oxygen atoms in total. The molecule has 3 rings (SSSR count). The summed E-state index contributed by atoms with van der Waals surface area (Å²) in [6, 6.07) is 11.9. The lowest BCUT2D eigenvalue weighted by Crippen LogP contribution is -2.36. The van der Waals surface area contributed by atoms with E-state index in [9.17, 15) is 4.79 Å². The van der Waals surface area contributed by atoms with Crippen molar-refractivity contribution in [2.75, 3.05) is 25.0 Å². The Kier molecular flexibility index (Phi) is 5.51. The van der Waals surface area contributed by atoms with E-state index in [0.29, 0.717) is 22.4 Å². The van der Waals surface area contributed by atoms with E-state index in [0.717, 1.165) is 19.5 Å². The lowest BCUT2D eigenvalue weighted by Gasteiger charge is -2.25. The Morgan fingerprint density at radius 3 is 2.71 bits per heavy atom. The summed E-state index contributed by atoms with van der Waals surface area (Å²) in [7, 11) is 0. The number of nitrogens with zero attached hydrogens (tertiary/aromatic N) is 2. The molecule has 0 fully saturated rings. The molecule has 0 atom stereocenters. The van der Waals surface area contributed by atoms with Crippen molar-refractivity contribution in [3.05, 3.63) is 64.3 Å². The number of aromatic nitrogens is 1. The third-order valence-electron chi connectivity index (χ3n) is 3.87. The third kappa shape index (κ3) is 4.35. The van der Waals surface area contributed by atoms with Gasteiger partial charge in [-0.15, -0.1) is 0 Å². The van der Waals surface area contributed by atoms with Gasteiger partial charge in [-0.25, -0.2) is 4.98 Å². The van der Waals surface area contributed by atoms with E-state index in [1.165, 1.54) is 17.3 Å². The first-order valence-electron chi connectivity index (χ1n) is 7.69. The van der Waals surface area contributed by atoms with Gasteiger partial charge < -0.3 is 5.32 Å². The molecule has 124 valence electrons. The second-order valence-electron chi connectivity index (χ2n) is 5.61. The summed E-state index contributed by atoms with van der Waals surface area (Å²) in [5.41, 5.74) is 2.58. The summed E-state index contributed by atoms with van der Waals surface area (Å²) >= 11 is 11.8. The van der Waals surface area contributed by atoms with Gasteiger partial charge in [-0.2, -0.15) is 0 Å². The molecule has 1 aliphatic heterocycles. The minimum atomic E-state index is -0.136. The molecule has 2 heterocycles. The fraction of sp³-hybridized carbons (Fsp3) is 0.222. The van der Waals surface area contributed by atoms with Crippen molar-refractivity contribution < 1.29 is 4.79 Å². The first-order chi connectivity index (χ1) is 11.6. The molecule has 0 unspecified atom stereocenters. The number of nitrogens with one attached hydrogen (secondary N) is 1. The van der Waals surface area contributed by atoms with E-state index < -0.39 is 0 Å². The Hall–Kier alpha value is -1.88. The number of hydrogen-bond acceptors (Lipinski definition) is 3. The zero-order chi connectivity index (χ0) is 16.9.